The Morgan fingerprint density at radius 1 is 1.12 bits per heavy atom. The number of pyridine rings is 2. The van der Waals surface area contributed by atoms with Crippen LogP contribution < -0.4 is 5.32 Å². The zero-order valence-electron chi connectivity index (χ0n) is 15.5. The molecule has 5 nitrogen and oxygen atoms in total. The van der Waals surface area contributed by atoms with Gasteiger partial charge in [0.05, 0.1) is 11.3 Å². The van der Waals surface area contributed by atoms with Gasteiger partial charge in [0.1, 0.15) is 0 Å². The SMILES string of the molecule is CN(CCc1ccncc1)C(=O)c1cncc(NC2CCCCCC2)c1. The Labute approximate surface area is 155 Å². The van der Waals surface area contributed by atoms with Crippen molar-refractivity contribution in [2.45, 2.75) is 51.0 Å². The minimum atomic E-state index is 0.0103. The van der Waals surface area contributed by atoms with Crippen LogP contribution in [0.5, 0.6) is 0 Å². The third-order valence-corrected chi connectivity index (χ3v) is 5.04. The molecule has 0 aliphatic heterocycles. The molecule has 0 bridgehead atoms. The maximum Gasteiger partial charge on any atom is 0.255 e. The summed E-state index contributed by atoms with van der Waals surface area (Å²) in [5, 5.41) is 3.57. The first-order valence-electron chi connectivity index (χ1n) is 9.58. The molecule has 2 heterocycles. The second-order valence-electron chi connectivity index (χ2n) is 7.13. The van der Waals surface area contributed by atoms with E-state index in [2.05, 4.69) is 15.3 Å². The normalized spacial score (nSPS) is 15.3. The average molecular weight is 352 g/mol. The van der Waals surface area contributed by atoms with Gasteiger partial charge < -0.3 is 10.2 Å². The third-order valence-electron chi connectivity index (χ3n) is 5.04. The van der Waals surface area contributed by atoms with E-state index in [1.807, 2.05) is 31.4 Å². The Balaban J connectivity index is 1.58. The second kappa shape index (κ2) is 9.32. The lowest BCUT2D eigenvalue weighted by Crippen LogP contribution is -2.29. The van der Waals surface area contributed by atoms with Crippen LogP contribution in [0, 0.1) is 0 Å². The van der Waals surface area contributed by atoms with Crippen LogP contribution in [-0.4, -0.2) is 40.4 Å². The standard InChI is InChI=1S/C21H28N4O/c1-25(13-10-17-8-11-22-12-9-17)21(26)18-14-20(16-23-15-18)24-19-6-4-2-3-5-7-19/h8-9,11-12,14-16,19,24H,2-7,10,13H2,1H3. The molecule has 0 unspecified atom stereocenters. The van der Waals surface area contributed by atoms with Crippen molar-refractivity contribution in [1.82, 2.24) is 14.9 Å². The highest BCUT2D eigenvalue weighted by atomic mass is 16.2. The van der Waals surface area contributed by atoms with Crippen molar-refractivity contribution < 1.29 is 4.79 Å². The molecule has 0 radical (unpaired) electrons. The number of aromatic nitrogens is 2. The summed E-state index contributed by atoms with van der Waals surface area (Å²) in [4.78, 5) is 22.8. The fourth-order valence-electron chi connectivity index (χ4n) is 3.46. The van der Waals surface area contributed by atoms with Crippen molar-refractivity contribution in [3.05, 3.63) is 54.1 Å². The van der Waals surface area contributed by atoms with Gasteiger partial charge in [0.15, 0.2) is 0 Å². The zero-order chi connectivity index (χ0) is 18.2. The van der Waals surface area contributed by atoms with Crippen LogP contribution in [0.3, 0.4) is 0 Å². The summed E-state index contributed by atoms with van der Waals surface area (Å²) < 4.78 is 0. The number of nitrogens with one attached hydrogen (secondary N) is 1. The fourth-order valence-corrected chi connectivity index (χ4v) is 3.46. The molecule has 3 rings (SSSR count). The molecule has 2 aromatic heterocycles. The van der Waals surface area contributed by atoms with Crippen molar-refractivity contribution in [2.24, 2.45) is 0 Å². The van der Waals surface area contributed by atoms with Crippen molar-refractivity contribution in [3.63, 3.8) is 0 Å². The van der Waals surface area contributed by atoms with E-state index in [0.717, 1.165) is 12.1 Å². The van der Waals surface area contributed by atoms with E-state index in [1.165, 1.54) is 44.1 Å². The van der Waals surface area contributed by atoms with Crippen molar-refractivity contribution in [2.75, 3.05) is 18.9 Å². The smallest absolute Gasteiger partial charge is 0.255 e. The molecule has 1 aliphatic rings. The van der Waals surface area contributed by atoms with Gasteiger partial charge in [-0.1, -0.05) is 25.7 Å². The average Bonchev–Trinajstić information content (AvgIpc) is 2.95. The lowest BCUT2D eigenvalue weighted by atomic mass is 10.1. The topological polar surface area (TPSA) is 58.1 Å². The maximum atomic E-state index is 12.7. The van der Waals surface area contributed by atoms with Gasteiger partial charge in [0.2, 0.25) is 0 Å². The quantitative estimate of drug-likeness (QED) is 0.801. The van der Waals surface area contributed by atoms with Crippen LogP contribution in [0.15, 0.2) is 43.0 Å². The van der Waals surface area contributed by atoms with Crippen LogP contribution in [0.2, 0.25) is 0 Å². The van der Waals surface area contributed by atoms with Gasteiger partial charge in [-0.05, 0) is 43.0 Å². The Kier molecular flexibility index (Phi) is 6.58. The predicted molar refractivity (Wildman–Crippen MR) is 104 cm³/mol. The first kappa shape index (κ1) is 18.4. The van der Waals surface area contributed by atoms with Crippen LogP contribution in [0.25, 0.3) is 0 Å². The van der Waals surface area contributed by atoms with E-state index in [1.54, 1.807) is 23.5 Å². The highest BCUT2D eigenvalue weighted by molar-refractivity contribution is 5.94. The van der Waals surface area contributed by atoms with Crippen molar-refractivity contribution in [1.29, 1.82) is 0 Å². The number of rotatable bonds is 6. The number of amides is 1. The molecular weight excluding hydrogens is 324 g/mol. The molecule has 138 valence electrons. The van der Waals surface area contributed by atoms with E-state index >= 15 is 0 Å². The van der Waals surface area contributed by atoms with E-state index < -0.39 is 0 Å². The molecular formula is C21H28N4O. The first-order valence-corrected chi connectivity index (χ1v) is 9.58. The number of hydrogen-bond donors (Lipinski definition) is 1. The van der Waals surface area contributed by atoms with Crippen LogP contribution in [0.4, 0.5) is 5.69 Å². The second-order valence-corrected chi connectivity index (χ2v) is 7.13. The van der Waals surface area contributed by atoms with Crippen LogP contribution >= 0.6 is 0 Å². The Morgan fingerprint density at radius 2 is 1.85 bits per heavy atom. The van der Waals surface area contributed by atoms with Gasteiger partial charge in [-0.25, -0.2) is 0 Å². The molecule has 1 saturated carbocycles. The fraction of sp³-hybridized carbons (Fsp3) is 0.476. The number of anilines is 1. The molecule has 0 saturated heterocycles. The number of carbonyl (C=O) groups is 1. The van der Waals surface area contributed by atoms with Gasteiger partial charge in [-0.3, -0.25) is 14.8 Å². The number of carbonyl (C=O) groups excluding carboxylic acids is 1. The van der Waals surface area contributed by atoms with E-state index in [4.69, 9.17) is 0 Å². The van der Waals surface area contributed by atoms with E-state index in [9.17, 15) is 4.79 Å². The summed E-state index contributed by atoms with van der Waals surface area (Å²) in [7, 11) is 1.84. The first-order chi connectivity index (χ1) is 12.7. The van der Waals surface area contributed by atoms with Crippen LogP contribution in [0.1, 0.15) is 54.4 Å². The summed E-state index contributed by atoms with van der Waals surface area (Å²) in [5.74, 6) is 0.0103. The van der Waals surface area contributed by atoms with E-state index in [0.29, 0.717) is 18.2 Å². The van der Waals surface area contributed by atoms with Gasteiger partial charge in [-0.15, -0.1) is 0 Å². The Morgan fingerprint density at radius 3 is 2.58 bits per heavy atom. The Bertz CT molecular complexity index is 696. The zero-order valence-corrected chi connectivity index (χ0v) is 15.5. The van der Waals surface area contributed by atoms with Crippen molar-refractivity contribution >= 4 is 11.6 Å². The number of likely N-dealkylation sites (N-methyl/N-ethyl adjacent to an activating group) is 1. The third kappa shape index (κ3) is 5.28. The summed E-state index contributed by atoms with van der Waals surface area (Å²) in [6, 6.07) is 6.39. The molecule has 2 aromatic rings. The summed E-state index contributed by atoms with van der Waals surface area (Å²) in [5.41, 5.74) is 2.77. The Hall–Kier alpha value is -2.43. The molecule has 0 spiro atoms. The van der Waals surface area contributed by atoms with Crippen molar-refractivity contribution in [3.8, 4) is 0 Å². The largest absolute Gasteiger partial charge is 0.381 e. The molecule has 0 atom stereocenters. The minimum Gasteiger partial charge on any atom is -0.381 e. The molecule has 1 fully saturated rings. The summed E-state index contributed by atoms with van der Waals surface area (Å²) >= 11 is 0. The van der Waals surface area contributed by atoms with Gasteiger partial charge in [0, 0.05) is 44.4 Å². The van der Waals surface area contributed by atoms with E-state index in [-0.39, 0.29) is 5.91 Å². The van der Waals surface area contributed by atoms with Gasteiger partial charge >= 0.3 is 0 Å². The molecule has 26 heavy (non-hydrogen) atoms. The monoisotopic (exact) mass is 352 g/mol. The van der Waals surface area contributed by atoms with Gasteiger partial charge in [-0.2, -0.15) is 0 Å². The number of hydrogen-bond acceptors (Lipinski definition) is 4. The predicted octanol–water partition coefficient (Wildman–Crippen LogP) is 3.93. The highest BCUT2D eigenvalue weighted by Crippen LogP contribution is 2.21. The maximum absolute atomic E-state index is 12.7. The van der Waals surface area contributed by atoms with Crippen LogP contribution in [-0.2, 0) is 6.42 Å². The summed E-state index contributed by atoms with van der Waals surface area (Å²) in [6.07, 6.45) is 15.5. The molecule has 1 aliphatic carbocycles. The molecule has 5 heteroatoms. The molecule has 1 N–H and O–H groups in total. The highest BCUT2D eigenvalue weighted by Gasteiger charge is 2.15. The number of nitrogens with zero attached hydrogens (tertiary/aromatic N) is 3. The van der Waals surface area contributed by atoms with Gasteiger partial charge in [0.25, 0.3) is 5.91 Å². The molecule has 0 aromatic carbocycles. The lowest BCUT2D eigenvalue weighted by molar-refractivity contribution is 0.0796. The lowest BCUT2D eigenvalue weighted by Gasteiger charge is -2.19. The molecule has 1 amide bonds. The summed E-state index contributed by atoms with van der Waals surface area (Å²) in [6.45, 7) is 0.670. The minimum absolute atomic E-state index is 0.0103.